The molecular weight excluding hydrogens is 430 g/mol. The smallest absolute Gasteiger partial charge is 0.416 e. The number of para-hydroxylation sites is 1. The van der Waals surface area contributed by atoms with E-state index in [9.17, 15) is 26.3 Å². The van der Waals surface area contributed by atoms with Crippen LogP contribution in [0.2, 0.25) is 0 Å². The quantitative estimate of drug-likeness (QED) is 0.348. The summed E-state index contributed by atoms with van der Waals surface area (Å²) in [4.78, 5) is 0. The number of halogens is 6. The van der Waals surface area contributed by atoms with E-state index < -0.39 is 34.6 Å². The number of benzene rings is 3. The van der Waals surface area contributed by atoms with E-state index in [-0.39, 0.29) is 17.7 Å². The number of alkyl halides is 3. The SMILES string of the molecule is F/C(=C\C1(c2ccc(C(F)(F)F)cc2F)CC1)Cc1ccc(F)c(Oc2ccccc2)c1. The molecule has 0 radical (unpaired) electrons. The van der Waals surface area contributed by atoms with E-state index in [0.29, 0.717) is 30.2 Å². The molecule has 0 N–H and O–H groups in total. The van der Waals surface area contributed by atoms with Gasteiger partial charge in [-0.05, 0) is 66.4 Å². The van der Waals surface area contributed by atoms with Crippen LogP contribution in [0.25, 0.3) is 0 Å². The second kappa shape index (κ2) is 8.37. The molecule has 3 aromatic rings. The zero-order chi connectivity index (χ0) is 22.9. The van der Waals surface area contributed by atoms with Crippen LogP contribution in [-0.2, 0) is 18.0 Å². The summed E-state index contributed by atoms with van der Waals surface area (Å²) >= 11 is 0. The van der Waals surface area contributed by atoms with E-state index in [4.69, 9.17) is 4.74 Å². The monoisotopic (exact) mass is 448 g/mol. The number of hydrogen-bond donors (Lipinski definition) is 0. The fourth-order valence-electron chi connectivity index (χ4n) is 3.62. The van der Waals surface area contributed by atoms with Crippen molar-refractivity contribution in [1.82, 2.24) is 0 Å². The summed E-state index contributed by atoms with van der Waals surface area (Å²) in [6.07, 6.45) is -2.74. The molecule has 0 spiro atoms. The highest BCUT2D eigenvalue weighted by Crippen LogP contribution is 2.51. The maximum absolute atomic E-state index is 14.8. The standard InChI is InChI=1S/C25H18F6O/c26-18(12-16-6-9-21(27)23(13-16)32-19-4-2-1-3-5-19)15-24(10-11-24)20-8-7-17(14-22(20)28)25(29,30)31/h1-9,13-15H,10-12H2/b18-15-. The summed E-state index contributed by atoms with van der Waals surface area (Å²) in [7, 11) is 0. The molecule has 7 heteroatoms. The molecule has 0 heterocycles. The number of allylic oxidation sites excluding steroid dienone is 2. The third-order valence-corrected chi connectivity index (χ3v) is 5.39. The first kappa shape index (κ1) is 22.0. The van der Waals surface area contributed by atoms with Gasteiger partial charge in [-0.2, -0.15) is 13.2 Å². The molecule has 0 unspecified atom stereocenters. The maximum atomic E-state index is 14.8. The molecular formula is C25H18F6O. The molecule has 0 aliphatic heterocycles. The van der Waals surface area contributed by atoms with Gasteiger partial charge in [0.1, 0.15) is 17.4 Å². The Balaban J connectivity index is 1.53. The Labute approximate surface area is 181 Å². The van der Waals surface area contributed by atoms with Crippen LogP contribution in [0.5, 0.6) is 11.5 Å². The highest BCUT2D eigenvalue weighted by molar-refractivity contribution is 5.42. The van der Waals surface area contributed by atoms with Crippen molar-refractivity contribution in [3.8, 4) is 11.5 Å². The highest BCUT2D eigenvalue weighted by atomic mass is 19.4. The molecule has 1 fully saturated rings. The van der Waals surface area contributed by atoms with Gasteiger partial charge in [-0.1, -0.05) is 30.3 Å². The van der Waals surface area contributed by atoms with Gasteiger partial charge in [0, 0.05) is 11.8 Å². The molecule has 0 atom stereocenters. The minimum Gasteiger partial charge on any atom is -0.454 e. The summed E-state index contributed by atoms with van der Waals surface area (Å²) in [5.41, 5.74) is -1.58. The van der Waals surface area contributed by atoms with Crippen LogP contribution < -0.4 is 4.74 Å². The molecule has 3 aromatic carbocycles. The predicted molar refractivity (Wildman–Crippen MR) is 108 cm³/mol. The Morgan fingerprint density at radius 3 is 2.25 bits per heavy atom. The highest BCUT2D eigenvalue weighted by Gasteiger charge is 2.45. The van der Waals surface area contributed by atoms with E-state index in [1.54, 1.807) is 30.3 Å². The van der Waals surface area contributed by atoms with Crippen molar-refractivity contribution < 1.29 is 31.1 Å². The zero-order valence-electron chi connectivity index (χ0n) is 16.7. The van der Waals surface area contributed by atoms with Gasteiger partial charge in [0.2, 0.25) is 0 Å². The van der Waals surface area contributed by atoms with E-state index in [1.165, 1.54) is 24.3 Å². The average Bonchev–Trinajstić information content (AvgIpc) is 3.50. The van der Waals surface area contributed by atoms with E-state index in [2.05, 4.69) is 0 Å². The lowest BCUT2D eigenvalue weighted by molar-refractivity contribution is -0.137. The fourth-order valence-corrected chi connectivity index (χ4v) is 3.62. The molecule has 0 saturated heterocycles. The first-order chi connectivity index (χ1) is 15.2. The zero-order valence-corrected chi connectivity index (χ0v) is 16.7. The van der Waals surface area contributed by atoms with Gasteiger partial charge in [0.25, 0.3) is 0 Å². The third-order valence-electron chi connectivity index (χ3n) is 5.39. The van der Waals surface area contributed by atoms with Crippen molar-refractivity contribution in [2.45, 2.75) is 30.9 Å². The van der Waals surface area contributed by atoms with Crippen molar-refractivity contribution in [3.63, 3.8) is 0 Å². The molecule has 0 amide bonds. The van der Waals surface area contributed by atoms with Gasteiger partial charge in [-0.15, -0.1) is 0 Å². The minimum atomic E-state index is -4.65. The average molecular weight is 448 g/mol. The summed E-state index contributed by atoms with van der Waals surface area (Å²) in [6, 6.07) is 14.8. The maximum Gasteiger partial charge on any atom is 0.416 e. The van der Waals surface area contributed by atoms with Crippen LogP contribution in [0.3, 0.4) is 0 Å². The van der Waals surface area contributed by atoms with Gasteiger partial charge in [0.05, 0.1) is 5.56 Å². The lowest BCUT2D eigenvalue weighted by atomic mass is 9.92. The number of ether oxygens (including phenoxy) is 1. The van der Waals surface area contributed by atoms with Crippen molar-refractivity contribution in [1.29, 1.82) is 0 Å². The van der Waals surface area contributed by atoms with Gasteiger partial charge in [-0.25, -0.2) is 13.2 Å². The van der Waals surface area contributed by atoms with Crippen LogP contribution in [0.15, 0.2) is 78.6 Å². The first-order valence-electron chi connectivity index (χ1n) is 9.92. The second-order valence-electron chi connectivity index (χ2n) is 7.80. The lowest BCUT2D eigenvalue weighted by Gasteiger charge is -2.15. The molecule has 1 aliphatic carbocycles. The Morgan fingerprint density at radius 1 is 0.906 bits per heavy atom. The Bertz CT molecular complexity index is 1150. The first-order valence-corrected chi connectivity index (χ1v) is 9.92. The van der Waals surface area contributed by atoms with Gasteiger partial charge in [-0.3, -0.25) is 0 Å². The molecule has 0 aromatic heterocycles. The van der Waals surface area contributed by atoms with Crippen LogP contribution in [0.1, 0.15) is 29.5 Å². The Morgan fingerprint density at radius 2 is 1.62 bits per heavy atom. The Hall–Kier alpha value is -3.22. The largest absolute Gasteiger partial charge is 0.454 e. The summed E-state index contributed by atoms with van der Waals surface area (Å²) in [5.74, 6) is -1.83. The lowest BCUT2D eigenvalue weighted by Crippen LogP contribution is -2.11. The molecule has 1 nitrogen and oxygen atoms in total. The minimum absolute atomic E-state index is 0.0351. The summed E-state index contributed by atoms with van der Waals surface area (Å²) < 4.78 is 87.2. The van der Waals surface area contributed by atoms with E-state index in [0.717, 1.165) is 12.1 Å². The molecule has 1 saturated carbocycles. The fraction of sp³-hybridized carbons (Fsp3) is 0.200. The second-order valence-corrected chi connectivity index (χ2v) is 7.80. The molecule has 166 valence electrons. The van der Waals surface area contributed by atoms with Gasteiger partial charge >= 0.3 is 6.18 Å². The van der Waals surface area contributed by atoms with Crippen LogP contribution in [0.4, 0.5) is 26.3 Å². The third kappa shape index (κ3) is 4.82. The van der Waals surface area contributed by atoms with Crippen molar-refractivity contribution in [2.75, 3.05) is 0 Å². The van der Waals surface area contributed by atoms with Crippen LogP contribution in [0, 0.1) is 11.6 Å². The predicted octanol–water partition coefficient (Wildman–Crippen LogP) is 7.90. The summed E-state index contributed by atoms with van der Waals surface area (Å²) in [6.45, 7) is 0. The normalized spacial score (nSPS) is 15.5. The molecule has 4 rings (SSSR count). The van der Waals surface area contributed by atoms with Crippen LogP contribution in [-0.4, -0.2) is 0 Å². The molecule has 0 bridgehead atoms. The van der Waals surface area contributed by atoms with Gasteiger partial charge < -0.3 is 4.74 Å². The molecule has 1 aliphatic rings. The molecule has 32 heavy (non-hydrogen) atoms. The number of hydrogen-bond acceptors (Lipinski definition) is 1. The van der Waals surface area contributed by atoms with Gasteiger partial charge in [0.15, 0.2) is 11.6 Å². The van der Waals surface area contributed by atoms with Crippen molar-refractivity contribution in [3.05, 3.63) is 107 Å². The van der Waals surface area contributed by atoms with Crippen molar-refractivity contribution >= 4 is 0 Å². The van der Waals surface area contributed by atoms with Crippen LogP contribution >= 0.6 is 0 Å². The van der Waals surface area contributed by atoms with E-state index in [1.807, 2.05) is 0 Å². The summed E-state index contributed by atoms with van der Waals surface area (Å²) in [5, 5.41) is 0. The Kier molecular flexibility index (Phi) is 5.75. The topological polar surface area (TPSA) is 9.23 Å². The van der Waals surface area contributed by atoms with Crippen molar-refractivity contribution in [2.24, 2.45) is 0 Å². The number of rotatable bonds is 6. The van der Waals surface area contributed by atoms with E-state index >= 15 is 0 Å².